The van der Waals surface area contributed by atoms with Crippen LogP contribution in [0.15, 0.2) is 24.3 Å². The number of phenols is 3. The minimum atomic E-state index is -1.30. The van der Waals surface area contributed by atoms with Crippen molar-refractivity contribution >= 4 is 17.7 Å². The quantitative estimate of drug-likeness (QED) is 0.128. The number of rotatable bonds is 13. The summed E-state index contributed by atoms with van der Waals surface area (Å²) < 4.78 is 5.33. The highest BCUT2D eigenvalue weighted by Gasteiger charge is 2.25. The monoisotopic (exact) mass is 472 g/mol. The number of phenolic OH excluding ortho intramolecular Hbond substituents is 2. The Morgan fingerprint density at radius 1 is 0.794 bits per heavy atom. The van der Waals surface area contributed by atoms with Crippen LogP contribution in [0.5, 0.6) is 23.0 Å². The van der Waals surface area contributed by atoms with Gasteiger partial charge in [-0.25, -0.2) is 9.59 Å². The lowest BCUT2D eigenvalue weighted by molar-refractivity contribution is 0.0692. The zero-order valence-electron chi connectivity index (χ0n) is 19.6. The number of unbranched alkanes of at least 4 members (excludes halogenated alkanes) is 5. The van der Waals surface area contributed by atoms with Crippen molar-refractivity contribution in [2.45, 2.75) is 71.6 Å². The number of carbonyl (C=O) groups is 3. The van der Waals surface area contributed by atoms with Gasteiger partial charge in [0.2, 0.25) is 0 Å². The maximum absolute atomic E-state index is 12.9. The number of esters is 1. The molecule has 2 aromatic rings. The summed E-state index contributed by atoms with van der Waals surface area (Å²) in [6.07, 6.45) is 6.35. The predicted octanol–water partition coefficient (Wildman–Crippen LogP) is 5.61. The summed E-state index contributed by atoms with van der Waals surface area (Å²) in [7, 11) is 0. The number of ketones is 1. The Balaban J connectivity index is 2.36. The molecule has 0 saturated carbocycles. The van der Waals surface area contributed by atoms with Gasteiger partial charge in [-0.1, -0.05) is 46.0 Å². The number of carboxylic acid groups (broad SMARTS) is 1. The maximum atomic E-state index is 12.9. The molecule has 0 aliphatic heterocycles. The first-order valence-corrected chi connectivity index (χ1v) is 11.6. The number of carboxylic acids is 1. The molecule has 4 N–H and O–H groups in total. The highest BCUT2D eigenvalue weighted by molar-refractivity contribution is 6.08. The number of ether oxygens (including phenoxy) is 1. The van der Waals surface area contributed by atoms with E-state index in [9.17, 15) is 34.8 Å². The van der Waals surface area contributed by atoms with Crippen LogP contribution in [-0.2, 0) is 6.42 Å². The van der Waals surface area contributed by atoms with Crippen LogP contribution in [0.25, 0.3) is 0 Å². The minimum absolute atomic E-state index is 0.118. The van der Waals surface area contributed by atoms with E-state index in [-0.39, 0.29) is 29.0 Å². The summed E-state index contributed by atoms with van der Waals surface area (Å²) in [5.41, 5.74) is -0.501. The second-order valence-electron chi connectivity index (χ2n) is 8.25. The smallest absolute Gasteiger partial charge is 0.348 e. The van der Waals surface area contributed by atoms with Gasteiger partial charge in [-0.3, -0.25) is 4.79 Å². The molecule has 0 unspecified atom stereocenters. The third-order valence-electron chi connectivity index (χ3n) is 5.51. The van der Waals surface area contributed by atoms with Gasteiger partial charge in [0.15, 0.2) is 5.78 Å². The van der Waals surface area contributed by atoms with E-state index in [1.807, 2.05) is 13.8 Å². The summed E-state index contributed by atoms with van der Waals surface area (Å²) in [6.45, 7) is 4.04. The van der Waals surface area contributed by atoms with E-state index < -0.39 is 34.8 Å². The van der Waals surface area contributed by atoms with Gasteiger partial charge in [-0.2, -0.15) is 0 Å². The molecule has 0 saturated heterocycles. The third kappa shape index (κ3) is 6.97. The molecule has 0 atom stereocenters. The van der Waals surface area contributed by atoms with E-state index >= 15 is 0 Å². The fourth-order valence-electron chi connectivity index (χ4n) is 3.78. The first-order chi connectivity index (χ1) is 16.2. The molecule has 2 aromatic carbocycles. The average molecular weight is 473 g/mol. The van der Waals surface area contributed by atoms with Crippen molar-refractivity contribution in [2.75, 3.05) is 0 Å². The normalized spacial score (nSPS) is 10.8. The van der Waals surface area contributed by atoms with Gasteiger partial charge in [0.1, 0.15) is 34.1 Å². The number of benzene rings is 2. The van der Waals surface area contributed by atoms with Gasteiger partial charge in [-0.05, 0) is 37.0 Å². The Kier molecular flexibility index (Phi) is 9.92. The Hall–Kier alpha value is -3.55. The molecule has 0 aliphatic carbocycles. The van der Waals surface area contributed by atoms with E-state index in [0.717, 1.165) is 50.3 Å². The molecule has 0 radical (unpaired) electrons. The van der Waals surface area contributed by atoms with Crippen molar-refractivity contribution in [3.8, 4) is 23.0 Å². The molecule has 0 aromatic heterocycles. The zero-order chi connectivity index (χ0) is 25.3. The fraction of sp³-hybridized carbons (Fsp3) is 0.423. The molecular formula is C26H32O8. The van der Waals surface area contributed by atoms with Crippen LogP contribution in [0.3, 0.4) is 0 Å². The number of aryl methyl sites for hydroxylation is 1. The molecule has 0 aliphatic rings. The zero-order valence-corrected chi connectivity index (χ0v) is 19.6. The highest BCUT2D eigenvalue weighted by atomic mass is 16.5. The van der Waals surface area contributed by atoms with Gasteiger partial charge >= 0.3 is 11.9 Å². The van der Waals surface area contributed by atoms with Crippen LogP contribution in [0.1, 0.15) is 102 Å². The van der Waals surface area contributed by atoms with Crippen molar-refractivity contribution in [2.24, 2.45) is 0 Å². The first-order valence-electron chi connectivity index (χ1n) is 11.6. The van der Waals surface area contributed by atoms with Crippen LogP contribution >= 0.6 is 0 Å². The number of aromatic hydroxyl groups is 3. The minimum Gasteiger partial charge on any atom is -0.508 e. The van der Waals surface area contributed by atoms with Crippen LogP contribution in [0, 0.1) is 0 Å². The number of Topliss-reactive ketones (excluding diaryl/α,β-unsaturated/α-hetero) is 1. The highest BCUT2D eigenvalue weighted by Crippen LogP contribution is 2.33. The fourth-order valence-corrected chi connectivity index (χ4v) is 3.78. The van der Waals surface area contributed by atoms with Crippen molar-refractivity contribution in [1.29, 1.82) is 0 Å². The Bertz CT molecular complexity index is 1040. The standard InChI is InChI=1S/C26H32O8/c1-3-5-7-9-11-20(28)19-13-17(27)14-21(29)24(19)26(33)34-18-12-16(10-8-6-4-2)23(25(31)32)22(30)15-18/h12-15,27,29-30H,3-11H2,1-2H3,(H,31,32). The number of aromatic carboxylic acids is 1. The van der Waals surface area contributed by atoms with E-state index in [4.69, 9.17) is 4.74 Å². The van der Waals surface area contributed by atoms with Crippen molar-refractivity contribution in [1.82, 2.24) is 0 Å². The van der Waals surface area contributed by atoms with Crippen molar-refractivity contribution in [3.05, 3.63) is 46.5 Å². The number of hydrogen-bond acceptors (Lipinski definition) is 7. The van der Waals surface area contributed by atoms with Crippen molar-refractivity contribution < 1.29 is 39.5 Å². The van der Waals surface area contributed by atoms with Gasteiger partial charge in [0.05, 0.1) is 0 Å². The molecule has 2 rings (SSSR count). The number of hydrogen-bond donors (Lipinski definition) is 4. The molecule has 8 nitrogen and oxygen atoms in total. The number of carbonyl (C=O) groups excluding carboxylic acids is 2. The molecular weight excluding hydrogens is 440 g/mol. The molecule has 8 heteroatoms. The largest absolute Gasteiger partial charge is 0.508 e. The van der Waals surface area contributed by atoms with Crippen LogP contribution < -0.4 is 4.74 Å². The van der Waals surface area contributed by atoms with Crippen LogP contribution in [0.2, 0.25) is 0 Å². The third-order valence-corrected chi connectivity index (χ3v) is 5.51. The first kappa shape index (κ1) is 26.7. The Morgan fingerprint density at radius 2 is 1.44 bits per heavy atom. The van der Waals surface area contributed by atoms with Gasteiger partial charge < -0.3 is 25.2 Å². The van der Waals surface area contributed by atoms with Crippen LogP contribution in [-0.4, -0.2) is 38.1 Å². The van der Waals surface area contributed by atoms with E-state index in [1.54, 1.807) is 0 Å². The Labute approximate surface area is 198 Å². The van der Waals surface area contributed by atoms with Gasteiger partial charge in [-0.15, -0.1) is 0 Å². The Morgan fingerprint density at radius 3 is 2.09 bits per heavy atom. The molecule has 0 bridgehead atoms. The lowest BCUT2D eigenvalue weighted by atomic mass is 9.98. The molecule has 0 spiro atoms. The van der Waals surface area contributed by atoms with E-state index in [1.165, 1.54) is 6.07 Å². The van der Waals surface area contributed by atoms with Gasteiger partial charge in [0.25, 0.3) is 0 Å². The molecule has 0 fully saturated rings. The molecule has 34 heavy (non-hydrogen) atoms. The summed E-state index contributed by atoms with van der Waals surface area (Å²) in [6, 6.07) is 4.42. The average Bonchev–Trinajstić information content (AvgIpc) is 2.75. The second-order valence-corrected chi connectivity index (χ2v) is 8.25. The second kappa shape index (κ2) is 12.6. The summed E-state index contributed by atoms with van der Waals surface area (Å²) in [5.74, 6) is -4.42. The molecule has 0 heterocycles. The predicted molar refractivity (Wildman–Crippen MR) is 126 cm³/mol. The lowest BCUT2D eigenvalue weighted by Gasteiger charge is -2.14. The van der Waals surface area contributed by atoms with Gasteiger partial charge in [0, 0.05) is 24.1 Å². The maximum Gasteiger partial charge on any atom is 0.348 e. The van der Waals surface area contributed by atoms with E-state index in [0.29, 0.717) is 24.8 Å². The van der Waals surface area contributed by atoms with E-state index in [2.05, 4.69) is 0 Å². The topological polar surface area (TPSA) is 141 Å². The SMILES string of the molecule is CCCCCCC(=O)c1cc(O)cc(O)c1C(=O)Oc1cc(O)c(C(=O)O)c(CCCCC)c1. The molecule has 184 valence electrons. The lowest BCUT2D eigenvalue weighted by Crippen LogP contribution is -2.15. The summed E-state index contributed by atoms with van der Waals surface area (Å²) in [5, 5.41) is 39.9. The molecule has 0 amide bonds. The summed E-state index contributed by atoms with van der Waals surface area (Å²) in [4.78, 5) is 37.3. The van der Waals surface area contributed by atoms with Crippen LogP contribution in [0.4, 0.5) is 0 Å². The summed E-state index contributed by atoms with van der Waals surface area (Å²) >= 11 is 0. The van der Waals surface area contributed by atoms with Crippen molar-refractivity contribution in [3.63, 3.8) is 0 Å².